The summed E-state index contributed by atoms with van der Waals surface area (Å²) in [6, 6.07) is 0. The van der Waals surface area contributed by atoms with Crippen LogP contribution < -0.4 is 5.73 Å². The van der Waals surface area contributed by atoms with Gasteiger partial charge in [-0.1, -0.05) is 0 Å². The number of hydrogen-bond donors (Lipinski definition) is 1. The summed E-state index contributed by atoms with van der Waals surface area (Å²) in [4.78, 5) is 4.35. The molecule has 13 heavy (non-hydrogen) atoms. The average molecular weight is 200 g/mol. The highest BCUT2D eigenvalue weighted by atomic mass is 32.1. The van der Waals surface area contributed by atoms with Gasteiger partial charge in [0.25, 0.3) is 0 Å². The van der Waals surface area contributed by atoms with Gasteiger partial charge < -0.3 is 10.5 Å². The Morgan fingerprint density at radius 2 is 2.31 bits per heavy atom. The number of ether oxygens (including phenoxy) is 1. The molecule has 4 heteroatoms. The highest BCUT2D eigenvalue weighted by Crippen LogP contribution is 2.19. The Morgan fingerprint density at radius 3 is 2.69 bits per heavy atom. The molecule has 0 aliphatic carbocycles. The summed E-state index contributed by atoms with van der Waals surface area (Å²) in [6.07, 6.45) is 0.139. The minimum Gasteiger partial charge on any atom is -0.368 e. The molecule has 0 saturated heterocycles. The lowest BCUT2D eigenvalue weighted by Gasteiger charge is -2.16. The number of aryl methyl sites for hydroxylation is 1. The number of nitrogens with two attached hydrogens (primary N) is 1. The molecule has 0 radical (unpaired) electrons. The average Bonchev–Trinajstić information content (AvgIpc) is 2.47. The van der Waals surface area contributed by atoms with E-state index < -0.39 is 0 Å². The van der Waals surface area contributed by atoms with Gasteiger partial charge >= 0.3 is 0 Å². The van der Waals surface area contributed by atoms with Crippen molar-refractivity contribution in [2.45, 2.75) is 33.0 Å². The van der Waals surface area contributed by atoms with Crippen LogP contribution in [0.15, 0.2) is 5.38 Å². The molecule has 74 valence electrons. The smallest absolute Gasteiger partial charge is 0.113 e. The Bertz CT molecular complexity index is 260. The molecule has 0 amide bonds. The second-order valence-corrected chi connectivity index (χ2v) is 4.26. The van der Waals surface area contributed by atoms with E-state index in [1.54, 1.807) is 11.3 Å². The Labute approximate surface area is 82.9 Å². The summed E-state index contributed by atoms with van der Waals surface area (Å²) in [5.41, 5.74) is 6.56. The maximum Gasteiger partial charge on any atom is 0.113 e. The fourth-order valence-electron chi connectivity index (χ4n) is 1.10. The molecule has 1 atom stereocenters. The van der Waals surface area contributed by atoms with Gasteiger partial charge in [-0.2, -0.15) is 0 Å². The van der Waals surface area contributed by atoms with Gasteiger partial charge in [0.05, 0.1) is 16.8 Å². The number of hydrogen-bond acceptors (Lipinski definition) is 4. The molecule has 1 aromatic heterocycles. The van der Waals surface area contributed by atoms with Crippen molar-refractivity contribution in [2.75, 3.05) is 6.54 Å². The molecule has 1 heterocycles. The van der Waals surface area contributed by atoms with Crippen LogP contribution in [0, 0.1) is 6.92 Å². The van der Waals surface area contributed by atoms with Crippen LogP contribution in [0.4, 0.5) is 0 Å². The van der Waals surface area contributed by atoms with E-state index in [1.807, 2.05) is 26.2 Å². The fourth-order valence-corrected chi connectivity index (χ4v) is 1.76. The Morgan fingerprint density at radius 1 is 1.62 bits per heavy atom. The van der Waals surface area contributed by atoms with Gasteiger partial charge in [-0.3, -0.25) is 0 Å². The van der Waals surface area contributed by atoms with Crippen molar-refractivity contribution in [1.29, 1.82) is 0 Å². The lowest BCUT2D eigenvalue weighted by atomic mass is 10.2. The molecular formula is C9H16N2OS. The van der Waals surface area contributed by atoms with E-state index in [-0.39, 0.29) is 12.2 Å². The van der Waals surface area contributed by atoms with Crippen molar-refractivity contribution in [1.82, 2.24) is 4.98 Å². The topological polar surface area (TPSA) is 48.1 Å². The first-order chi connectivity index (χ1) is 6.13. The molecule has 0 spiro atoms. The largest absolute Gasteiger partial charge is 0.368 e. The molecular weight excluding hydrogens is 184 g/mol. The maximum absolute atomic E-state index is 5.62. The molecule has 0 aliphatic rings. The molecule has 2 N–H and O–H groups in total. The van der Waals surface area contributed by atoms with Gasteiger partial charge in [0.15, 0.2) is 0 Å². The van der Waals surface area contributed by atoms with Crippen LogP contribution in [0.1, 0.15) is 30.7 Å². The van der Waals surface area contributed by atoms with Gasteiger partial charge in [-0.15, -0.1) is 11.3 Å². The van der Waals surface area contributed by atoms with Crippen LogP contribution in [0.2, 0.25) is 0 Å². The summed E-state index contributed by atoms with van der Waals surface area (Å²) < 4.78 is 5.62. The summed E-state index contributed by atoms with van der Waals surface area (Å²) >= 11 is 1.63. The monoisotopic (exact) mass is 200 g/mol. The van der Waals surface area contributed by atoms with Crippen LogP contribution >= 0.6 is 11.3 Å². The van der Waals surface area contributed by atoms with Gasteiger partial charge in [-0.05, 0) is 20.8 Å². The maximum atomic E-state index is 5.62. The third-order valence-corrected chi connectivity index (χ3v) is 2.41. The van der Waals surface area contributed by atoms with Gasteiger partial charge in [0.1, 0.15) is 6.10 Å². The molecule has 0 bridgehead atoms. The van der Waals surface area contributed by atoms with Crippen LogP contribution in [0.5, 0.6) is 0 Å². The third-order valence-electron chi connectivity index (χ3n) is 1.62. The van der Waals surface area contributed by atoms with Crippen molar-refractivity contribution in [3.63, 3.8) is 0 Å². The first kappa shape index (κ1) is 10.6. The zero-order valence-corrected chi connectivity index (χ0v) is 9.10. The zero-order chi connectivity index (χ0) is 9.84. The van der Waals surface area contributed by atoms with Crippen LogP contribution in [0.25, 0.3) is 0 Å². The van der Waals surface area contributed by atoms with E-state index in [0.29, 0.717) is 6.54 Å². The Hall–Kier alpha value is -0.450. The minimum atomic E-state index is -0.0510. The van der Waals surface area contributed by atoms with E-state index in [0.717, 1.165) is 10.7 Å². The molecule has 1 aromatic rings. The minimum absolute atomic E-state index is 0.0510. The summed E-state index contributed by atoms with van der Waals surface area (Å²) in [5, 5.41) is 3.07. The van der Waals surface area contributed by atoms with Crippen molar-refractivity contribution in [2.24, 2.45) is 5.73 Å². The Kier molecular flexibility index (Phi) is 3.84. The first-order valence-electron chi connectivity index (χ1n) is 4.41. The van der Waals surface area contributed by atoms with Gasteiger partial charge in [0.2, 0.25) is 0 Å². The third kappa shape index (κ3) is 3.06. The highest BCUT2D eigenvalue weighted by Gasteiger charge is 2.14. The normalized spacial score (nSPS) is 13.6. The summed E-state index contributed by atoms with van der Waals surface area (Å²) in [6.45, 7) is 6.47. The number of nitrogens with zero attached hydrogens (tertiary/aromatic N) is 1. The van der Waals surface area contributed by atoms with Crippen molar-refractivity contribution < 1.29 is 4.74 Å². The van der Waals surface area contributed by atoms with Crippen LogP contribution in [-0.4, -0.2) is 17.6 Å². The summed E-state index contributed by atoms with van der Waals surface area (Å²) in [7, 11) is 0. The van der Waals surface area contributed by atoms with Crippen LogP contribution in [0.3, 0.4) is 0 Å². The second kappa shape index (κ2) is 4.69. The van der Waals surface area contributed by atoms with E-state index in [2.05, 4.69) is 4.98 Å². The fraction of sp³-hybridized carbons (Fsp3) is 0.667. The molecule has 1 rings (SSSR count). The van der Waals surface area contributed by atoms with E-state index in [1.165, 1.54) is 0 Å². The standard InChI is InChI=1S/C9H16N2OS/c1-6(2)12-9(4-10)8-5-13-7(3)11-8/h5-6,9H,4,10H2,1-3H3. The lowest BCUT2D eigenvalue weighted by Crippen LogP contribution is -2.19. The molecule has 0 aliphatic heterocycles. The number of rotatable bonds is 4. The summed E-state index contributed by atoms with van der Waals surface area (Å²) in [5.74, 6) is 0. The highest BCUT2D eigenvalue weighted by molar-refractivity contribution is 7.09. The van der Waals surface area contributed by atoms with Gasteiger partial charge in [-0.25, -0.2) is 4.98 Å². The zero-order valence-electron chi connectivity index (χ0n) is 8.28. The lowest BCUT2D eigenvalue weighted by molar-refractivity contribution is 0.00984. The Balaban J connectivity index is 2.66. The van der Waals surface area contributed by atoms with E-state index in [4.69, 9.17) is 10.5 Å². The van der Waals surface area contributed by atoms with Crippen molar-refractivity contribution in [3.8, 4) is 0 Å². The van der Waals surface area contributed by atoms with E-state index in [9.17, 15) is 0 Å². The molecule has 0 fully saturated rings. The quantitative estimate of drug-likeness (QED) is 0.807. The molecule has 0 saturated carbocycles. The molecule has 3 nitrogen and oxygen atoms in total. The van der Waals surface area contributed by atoms with Crippen molar-refractivity contribution in [3.05, 3.63) is 16.1 Å². The second-order valence-electron chi connectivity index (χ2n) is 3.20. The van der Waals surface area contributed by atoms with E-state index >= 15 is 0 Å². The predicted molar refractivity (Wildman–Crippen MR) is 54.9 cm³/mol. The molecule has 1 unspecified atom stereocenters. The van der Waals surface area contributed by atoms with Crippen molar-refractivity contribution >= 4 is 11.3 Å². The predicted octanol–water partition coefficient (Wildman–Crippen LogP) is 1.88. The number of aromatic nitrogens is 1. The SMILES string of the molecule is Cc1nc(C(CN)OC(C)C)cs1. The van der Waals surface area contributed by atoms with Crippen LogP contribution in [-0.2, 0) is 4.74 Å². The number of thiazole rings is 1. The molecule has 0 aromatic carbocycles. The first-order valence-corrected chi connectivity index (χ1v) is 5.29. The van der Waals surface area contributed by atoms with Gasteiger partial charge in [0, 0.05) is 11.9 Å².